The van der Waals surface area contributed by atoms with Gasteiger partial charge in [-0.15, -0.1) is 11.3 Å². The molecule has 1 aromatic heterocycles. The molecule has 1 fully saturated rings. The summed E-state index contributed by atoms with van der Waals surface area (Å²) in [5.41, 5.74) is 2.66. The van der Waals surface area contributed by atoms with Crippen molar-refractivity contribution in [3.05, 3.63) is 16.1 Å². The fourth-order valence-electron chi connectivity index (χ4n) is 2.02. The number of carboxylic acids is 1. The Morgan fingerprint density at radius 2 is 2.21 bits per heavy atom. The molecule has 0 bridgehead atoms. The smallest absolute Gasteiger partial charge is 0.332 e. The standard InChI is InChI=1S/C12H16N2O4S/c1-7-10(19-6-13-7)5-14(2)11(15)8-3-4-9(18-8)12(16)17/h6,8-9H,3-5H2,1-2H3,(H,16,17)/t8-,9+/m0/s1. The molecule has 0 unspecified atom stereocenters. The first-order chi connectivity index (χ1) is 8.99. The van der Waals surface area contributed by atoms with Crippen molar-refractivity contribution in [1.29, 1.82) is 0 Å². The monoisotopic (exact) mass is 284 g/mol. The van der Waals surface area contributed by atoms with Gasteiger partial charge in [-0.1, -0.05) is 0 Å². The Balaban J connectivity index is 1.93. The van der Waals surface area contributed by atoms with Crippen molar-refractivity contribution >= 4 is 23.2 Å². The second-order valence-electron chi connectivity index (χ2n) is 4.58. The van der Waals surface area contributed by atoms with Gasteiger partial charge in [-0.3, -0.25) is 4.79 Å². The second kappa shape index (κ2) is 5.66. The maximum atomic E-state index is 12.1. The second-order valence-corrected chi connectivity index (χ2v) is 5.52. The molecule has 1 amide bonds. The third-order valence-electron chi connectivity index (χ3n) is 3.17. The van der Waals surface area contributed by atoms with Crippen LogP contribution < -0.4 is 0 Å². The number of thiazole rings is 1. The fraction of sp³-hybridized carbons (Fsp3) is 0.583. The summed E-state index contributed by atoms with van der Waals surface area (Å²) in [4.78, 5) is 29.7. The Morgan fingerprint density at radius 3 is 2.74 bits per heavy atom. The molecule has 7 heteroatoms. The number of aromatic nitrogens is 1. The van der Waals surface area contributed by atoms with Gasteiger partial charge in [0.2, 0.25) is 0 Å². The molecule has 0 spiro atoms. The largest absolute Gasteiger partial charge is 0.479 e. The van der Waals surface area contributed by atoms with Crippen LogP contribution in [0, 0.1) is 6.92 Å². The number of ether oxygens (including phenoxy) is 1. The van der Waals surface area contributed by atoms with Crippen LogP contribution in [0.25, 0.3) is 0 Å². The zero-order valence-electron chi connectivity index (χ0n) is 10.8. The number of hydrogen-bond acceptors (Lipinski definition) is 5. The number of hydrogen-bond donors (Lipinski definition) is 1. The van der Waals surface area contributed by atoms with E-state index in [9.17, 15) is 9.59 Å². The van der Waals surface area contributed by atoms with Crippen molar-refractivity contribution in [3.63, 3.8) is 0 Å². The lowest BCUT2D eigenvalue weighted by molar-refractivity contribution is -0.154. The van der Waals surface area contributed by atoms with Crippen LogP contribution in [0.2, 0.25) is 0 Å². The van der Waals surface area contributed by atoms with E-state index in [0.29, 0.717) is 19.4 Å². The summed E-state index contributed by atoms with van der Waals surface area (Å²) >= 11 is 1.50. The van der Waals surface area contributed by atoms with E-state index in [4.69, 9.17) is 9.84 Å². The molecule has 0 aliphatic carbocycles. The van der Waals surface area contributed by atoms with Crippen molar-refractivity contribution in [2.24, 2.45) is 0 Å². The number of nitrogens with zero attached hydrogens (tertiary/aromatic N) is 2. The van der Waals surface area contributed by atoms with E-state index in [-0.39, 0.29) is 5.91 Å². The fourth-order valence-corrected chi connectivity index (χ4v) is 2.85. The van der Waals surface area contributed by atoms with E-state index in [0.717, 1.165) is 10.6 Å². The number of carbonyl (C=O) groups is 2. The number of carbonyl (C=O) groups excluding carboxylic acids is 1. The molecule has 1 N–H and O–H groups in total. The van der Waals surface area contributed by atoms with Gasteiger partial charge < -0.3 is 14.7 Å². The first-order valence-electron chi connectivity index (χ1n) is 6.01. The maximum Gasteiger partial charge on any atom is 0.332 e. The van der Waals surface area contributed by atoms with Crippen LogP contribution in [0.4, 0.5) is 0 Å². The zero-order valence-corrected chi connectivity index (χ0v) is 11.6. The predicted molar refractivity (Wildman–Crippen MR) is 68.9 cm³/mol. The minimum Gasteiger partial charge on any atom is -0.479 e. The van der Waals surface area contributed by atoms with E-state index < -0.39 is 18.2 Å². The minimum atomic E-state index is -1.00. The maximum absolute atomic E-state index is 12.1. The van der Waals surface area contributed by atoms with Crippen LogP contribution in [0.5, 0.6) is 0 Å². The average molecular weight is 284 g/mol. The van der Waals surface area contributed by atoms with Crippen molar-refractivity contribution in [1.82, 2.24) is 9.88 Å². The zero-order chi connectivity index (χ0) is 14.0. The highest BCUT2D eigenvalue weighted by atomic mass is 32.1. The van der Waals surface area contributed by atoms with Gasteiger partial charge in [0.25, 0.3) is 5.91 Å². The van der Waals surface area contributed by atoms with Crippen LogP contribution in [0.3, 0.4) is 0 Å². The van der Waals surface area contributed by atoms with Gasteiger partial charge in [-0.25, -0.2) is 9.78 Å². The molecular formula is C12H16N2O4S. The molecule has 6 nitrogen and oxygen atoms in total. The SMILES string of the molecule is Cc1ncsc1CN(C)C(=O)[C@@H]1CC[C@H](C(=O)O)O1. The van der Waals surface area contributed by atoms with E-state index in [1.165, 1.54) is 11.3 Å². The third-order valence-corrected chi connectivity index (χ3v) is 4.09. The molecule has 0 radical (unpaired) electrons. The van der Waals surface area contributed by atoms with Crippen molar-refractivity contribution < 1.29 is 19.4 Å². The van der Waals surface area contributed by atoms with Crippen molar-refractivity contribution in [2.75, 3.05) is 7.05 Å². The first kappa shape index (κ1) is 14.0. The summed E-state index contributed by atoms with van der Waals surface area (Å²) in [6.45, 7) is 2.38. The predicted octanol–water partition coefficient (Wildman–Crippen LogP) is 1.04. The Bertz CT molecular complexity index is 488. The van der Waals surface area contributed by atoms with Crippen LogP contribution >= 0.6 is 11.3 Å². The van der Waals surface area contributed by atoms with Gasteiger partial charge in [-0.2, -0.15) is 0 Å². The summed E-state index contributed by atoms with van der Waals surface area (Å²) in [5.74, 6) is -1.17. The molecule has 0 saturated carbocycles. The van der Waals surface area contributed by atoms with Crippen molar-refractivity contribution in [2.45, 2.75) is 38.5 Å². The van der Waals surface area contributed by atoms with Crippen LogP contribution in [0.15, 0.2) is 5.51 Å². The lowest BCUT2D eigenvalue weighted by Gasteiger charge is -2.20. The summed E-state index contributed by atoms with van der Waals surface area (Å²) in [6, 6.07) is 0. The number of rotatable bonds is 4. The highest BCUT2D eigenvalue weighted by molar-refractivity contribution is 7.09. The normalized spacial score (nSPS) is 22.4. The topological polar surface area (TPSA) is 79.7 Å². The molecule has 2 rings (SSSR count). The molecule has 2 atom stereocenters. The van der Waals surface area contributed by atoms with Gasteiger partial charge in [0, 0.05) is 11.9 Å². The molecule has 1 aliphatic rings. The number of aliphatic carboxylic acids is 1. The summed E-state index contributed by atoms with van der Waals surface area (Å²) in [6.07, 6.45) is -0.645. The lowest BCUT2D eigenvalue weighted by Crippen LogP contribution is -2.36. The van der Waals surface area contributed by atoms with Crippen LogP contribution in [0.1, 0.15) is 23.4 Å². The number of amides is 1. The molecule has 1 aliphatic heterocycles. The molecule has 19 heavy (non-hydrogen) atoms. The van der Waals surface area contributed by atoms with E-state index in [2.05, 4.69) is 4.98 Å². The summed E-state index contributed by atoms with van der Waals surface area (Å²) in [7, 11) is 1.69. The van der Waals surface area contributed by atoms with Gasteiger partial charge in [0.15, 0.2) is 6.10 Å². The van der Waals surface area contributed by atoms with Crippen LogP contribution in [-0.2, 0) is 20.9 Å². The molecule has 2 heterocycles. The highest BCUT2D eigenvalue weighted by Gasteiger charge is 2.36. The number of carboxylic acid groups (broad SMARTS) is 1. The highest BCUT2D eigenvalue weighted by Crippen LogP contribution is 2.22. The minimum absolute atomic E-state index is 0.170. The number of aryl methyl sites for hydroxylation is 1. The average Bonchev–Trinajstić information content (AvgIpc) is 2.98. The molecular weight excluding hydrogens is 268 g/mol. The molecule has 1 saturated heterocycles. The Kier molecular flexibility index (Phi) is 4.16. The molecule has 0 aromatic carbocycles. The van der Waals surface area contributed by atoms with Crippen LogP contribution in [-0.4, -0.2) is 46.1 Å². The quantitative estimate of drug-likeness (QED) is 0.893. The third kappa shape index (κ3) is 3.10. The summed E-state index contributed by atoms with van der Waals surface area (Å²) < 4.78 is 5.25. The van der Waals surface area contributed by atoms with Gasteiger partial charge >= 0.3 is 5.97 Å². The Morgan fingerprint density at radius 1 is 1.53 bits per heavy atom. The number of likely N-dealkylation sites (N-methyl/N-ethyl adjacent to an activating group) is 1. The van der Waals surface area contributed by atoms with Gasteiger partial charge in [-0.05, 0) is 19.8 Å². The molecule has 104 valence electrons. The van der Waals surface area contributed by atoms with E-state index in [1.54, 1.807) is 17.5 Å². The van der Waals surface area contributed by atoms with Crippen molar-refractivity contribution in [3.8, 4) is 0 Å². The van der Waals surface area contributed by atoms with Gasteiger partial charge in [0.1, 0.15) is 6.10 Å². The van der Waals surface area contributed by atoms with E-state index in [1.807, 2.05) is 6.92 Å². The van der Waals surface area contributed by atoms with Gasteiger partial charge in [0.05, 0.1) is 17.7 Å². The first-order valence-corrected chi connectivity index (χ1v) is 6.89. The Labute approximate surface area is 115 Å². The lowest BCUT2D eigenvalue weighted by atomic mass is 10.2. The summed E-state index contributed by atoms with van der Waals surface area (Å²) in [5, 5.41) is 8.84. The Hall–Kier alpha value is -1.47. The van der Waals surface area contributed by atoms with E-state index >= 15 is 0 Å². The molecule has 1 aromatic rings.